The molecular formula is C26H26N4O3. The molecule has 1 atom stereocenters. The van der Waals surface area contributed by atoms with Crippen LogP contribution in [0, 0.1) is 6.92 Å². The molecule has 168 valence electrons. The van der Waals surface area contributed by atoms with Gasteiger partial charge in [0.2, 0.25) is 5.91 Å². The number of rotatable bonds is 5. The zero-order valence-electron chi connectivity index (χ0n) is 18.6. The Bertz CT molecular complexity index is 1270. The Hall–Kier alpha value is -3.74. The average molecular weight is 443 g/mol. The molecule has 1 N–H and O–H groups in total. The third-order valence-electron chi connectivity index (χ3n) is 6.58. The molecule has 1 fully saturated rings. The number of fused-ring (bicyclic) bond motifs is 1. The number of aryl methyl sites for hydroxylation is 1. The number of aromatic nitrogens is 2. The van der Waals surface area contributed by atoms with Crippen molar-refractivity contribution < 1.29 is 9.59 Å². The fraction of sp³-hybridized carbons (Fsp3) is 0.308. The van der Waals surface area contributed by atoms with Crippen LogP contribution in [0.15, 0.2) is 59.4 Å². The predicted molar refractivity (Wildman–Crippen MR) is 124 cm³/mol. The molecule has 1 aromatic heterocycles. The van der Waals surface area contributed by atoms with Crippen molar-refractivity contribution in [3.63, 3.8) is 0 Å². The molecule has 5 rings (SSSR count). The fourth-order valence-corrected chi connectivity index (χ4v) is 4.84. The average Bonchev–Trinajstić information content (AvgIpc) is 3.42. The highest BCUT2D eigenvalue weighted by molar-refractivity contribution is 6.00. The lowest BCUT2D eigenvalue weighted by atomic mass is 10.0. The summed E-state index contributed by atoms with van der Waals surface area (Å²) in [5.74, 6) is 0.297. The number of benzene rings is 2. The van der Waals surface area contributed by atoms with Crippen LogP contribution in [0.1, 0.15) is 57.5 Å². The van der Waals surface area contributed by atoms with Gasteiger partial charge in [-0.1, -0.05) is 48.5 Å². The largest absolute Gasteiger partial charge is 0.331 e. The fourth-order valence-electron chi connectivity index (χ4n) is 4.84. The second kappa shape index (κ2) is 8.65. The normalized spacial score (nSPS) is 17.5. The van der Waals surface area contributed by atoms with Crippen molar-refractivity contribution in [2.45, 2.75) is 38.8 Å². The van der Waals surface area contributed by atoms with Crippen molar-refractivity contribution in [2.75, 3.05) is 13.1 Å². The summed E-state index contributed by atoms with van der Waals surface area (Å²) in [5.41, 5.74) is 3.83. The molecule has 0 radical (unpaired) electrons. The first-order valence-electron chi connectivity index (χ1n) is 11.3. The third-order valence-corrected chi connectivity index (χ3v) is 6.58. The van der Waals surface area contributed by atoms with Crippen LogP contribution in [0.3, 0.4) is 0 Å². The molecule has 0 unspecified atom stereocenters. The lowest BCUT2D eigenvalue weighted by Gasteiger charge is -2.26. The van der Waals surface area contributed by atoms with Gasteiger partial charge in [-0.3, -0.25) is 14.4 Å². The van der Waals surface area contributed by atoms with Crippen molar-refractivity contribution in [3.05, 3.63) is 98.7 Å². The Morgan fingerprint density at radius 3 is 2.61 bits per heavy atom. The minimum Gasteiger partial charge on any atom is -0.331 e. The number of hydrogen-bond acceptors (Lipinski definition) is 4. The summed E-state index contributed by atoms with van der Waals surface area (Å²) in [6.45, 7) is 2.91. The molecule has 7 nitrogen and oxygen atoms in total. The number of nitrogens with zero attached hydrogens (tertiary/aromatic N) is 3. The zero-order valence-corrected chi connectivity index (χ0v) is 18.6. The molecule has 2 aliphatic heterocycles. The SMILES string of the molecule is Cc1nc([C@@H]2CCCN2C(=O)CN2Cc3ccccc3C2=O)[nH]c(=O)c1Cc1ccccc1. The molecule has 3 aromatic rings. The number of likely N-dealkylation sites (tertiary alicyclic amines) is 1. The molecule has 0 bridgehead atoms. The Labute approximate surface area is 192 Å². The molecular weight excluding hydrogens is 416 g/mol. The van der Waals surface area contributed by atoms with Crippen LogP contribution in [0.25, 0.3) is 0 Å². The molecule has 0 spiro atoms. The predicted octanol–water partition coefficient (Wildman–Crippen LogP) is 2.99. The van der Waals surface area contributed by atoms with Crippen LogP contribution in [0.2, 0.25) is 0 Å². The van der Waals surface area contributed by atoms with Gasteiger partial charge in [0.1, 0.15) is 12.4 Å². The van der Waals surface area contributed by atoms with Gasteiger partial charge in [0.05, 0.1) is 6.04 Å². The quantitative estimate of drug-likeness (QED) is 0.658. The van der Waals surface area contributed by atoms with Crippen LogP contribution in [-0.4, -0.2) is 44.7 Å². The van der Waals surface area contributed by atoms with E-state index in [0.717, 1.165) is 24.0 Å². The maximum Gasteiger partial charge on any atom is 0.254 e. The van der Waals surface area contributed by atoms with E-state index in [1.54, 1.807) is 15.9 Å². The van der Waals surface area contributed by atoms with Crippen LogP contribution in [0.4, 0.5) is 0 Å². The van der Waals surface area contributed by atoms with Gasteiger partial charge < -0.3 is 14.8 Å². The Morgan fingerprint density at radius 1 is 1.09 bits per heavy atom. The topological polar surface area (TPSA) is 86.4 Å². The highest BCUT2D eigenvalue weighted by Crippen LogP contribution is 2.31. The van der Waals surface area contributed by atoms with Crippen LogP contribution >= 0.6 is 0 Å². The molecule has 2 amide bonds. The third kappa shape index (κ3) is 4.06. The minimum atomic E-state index is -0.283. The molecule has 0 aliphatic carbocycles. The molecule has 3 heterocycles. The first-order valence-corrected chi connectivity index (χ1v) is 11.3. The van der Waals surface area contributed by atoms with E-state index in [2.05, 4.69) is 4.98 Å². The lowest BCUT2D eigenvalue weighted by Crippen LogP contribution is -2.41. The second-order valence-corrected chi connectivity index (χ2v) is 8.74. The van der Waals surface area contributed by atoms with E-state index in [-0.39, 0.29) is 30.0 Å². The summed E-state index contributed by atoms with van der Waals surface area (Å²) in [5, 5.41) is 0. The van der Waals surface area contributed by atoms with Crippen LogP contribution in [-0.2, 0) is 17.8 Å². The summed E-state index contributed by atoms with van der Waals surface area (Å²) in [6.07, 6.45) is 2.08. The van der Waals surface area contributed by atoms with E-state index in [1.165, 1.54) is 0 Å². The smallest absolute Gasteiger partial charge is 0.254 e. The number of amides is 2. The summed E-state index contributed by atoms with van der Waals surface area (Å²) in [4.78, 5) is 49.7. The molecule has 1 saturated heterocycles. The number of hydrogen-bond donors (Lipinski definition) is 1. The van der Waals surface area contributed by atoms with E-state index >= 15 is 0 Å². The van der Waals surface area contributed by atoms with E-state index in [4.69, 9.17) is 4.98 Å². The Kier molecular flexibility index (Phi) is 5.54. The molecule has 2 aromatic carbocycles. The number of H-pyrrole nitrogens is 1. The molecule has 0 saturated carbocycles. The van der Waals surface area contributed by atoms with Crippen molar-refractivity contribution >= 4 is 11.8 Å². The van der Waals surface area contributed by atoms with E-state index < -0.39 is 0 Å². The van der Waals surface area contributed by atoms with Gasteiger partial charge in [-0.15, -0.1) is 0 Å². The second-order valence-electron chi connectivity index (χ2n) is 8.74. The first-order chi connectivity index (χ1) is 16.0. The molecule has 7 heteroatoms. The first kappa shape index (κ1) is 21.1. The van der Waals surface area contributed by atoms with Gasteiger partial charge in [0.25, 0.3) is 11.5 Å². The zero-order chi connectivity index (χ0) is 22.9. The number of nitrogens with one attached hydrogen (secondary N) is 1. The summed E-state index contributed by atoms with van der Waals surface area (Å²) in [6, 6.07) is 17.0. The van der Waals surface area contributed by atoms with Gasteiger partial charge in [-0.25, -0.2) is 4.98 Å². The van der Waals surface area contributed by atoms with E-state index in [0.29, 0.717) is 42.2 Å². The highest BCUT2D eigenvalue weighted by atomic mass is 16.2. The lowest BCUT2D eigenvalue weighted by molar-refractivity contribution is -0.133. The molecule has 2 aliphatic rings. The van der Waals surface area contributed by atoms with Crippen molar-refractivity contribution in [3.8, 4) is 0 Å². The maximum atomic E-state index is 13.2. The monoisotopic (exact) mass is 442 g/mol. The highest BCUT2D eigenvalue weighted by Gasteiger charge is 2.35. The number of aromatic amines is 1. The summed E-state index contributed by atoms with van der Waals surface area (Å²) < 4.78 is 0. The van der Waals surface area contributed by atoms with Gasteiger partial charge in [0, 0.05) is 36.3 Å². The standard InChI is InChI=1S/C26H26N4O3/c1-17-21(14-18-8-3-2-4-9-18)25(32)28-24(27-17)22-12-7-13-30(22)23(31)16-29-15-19-10-5-6-11-20(19)26(29)33/h2-6,8-11,22H,7,12-16H2,1H3,(H,27,28,32)/t22-/m0/s1. The molecule has 33 heavy (non-hydrogen) atoms. The van der Waals surface area contributed by atoms with E-state index in [1.807, 2.05) is 55.5 Å². The number of carbonyl (C=O) groups excluding carboxylic acids is 2. The Balaban J connectivity index is 1.33. The van der Waals surface area contributed by atoms with Gasteiger partial charge in [0.15, 0.2) is 0 Å². The minimum absolute atomic E-state index is 0.0271. The van der Waals surface area contributed by atoms with Gasteiger partial charge in [-0.2, -0.15) is 0 Å². The van der Waals surface area contributed by atoms with Gasteiger partial charge in [-0.05, 0) is 37.0 Å². The Morgan fingerprint density at radius 2 is 1.85 bits per heavy atom. The van der Waals surface area contributed by atoms with Crippen molar-refractivity contribution in [1.82, 2.24) is 19.8 Å². The number of carbonyl (C=O) groups is 2. The van der Waals surface area contributed by atoms with Crippen LogP contribution in [0.5, 0.6) is 0 Å². The van der Waals surface area contributed by atoms with Crippen LogP contribution < -0.4 is 5.56 Å². The van der Waals surface area contributed by atoms with Gasteiger partial charge >= 0.3 is 0 Å². The van der Waals surface area contributed by atoms with Crippen molar-refractivity contribution in [2.24, 2.45) is 0 Å². The summed E-state index contributed by atoms with van der Waals surface area (Å²) >= 11 is 0. The van der Waals surface area contributed by atoms with E-state index in [9.17, 15) is 14.4 Å². The maximum absolute atomic E-state index is 13.2. The van der Waals surface area contributed by atoms with Crippen molar-refractivity contribution in [1.29, 1.82) is 0 Å². The summed E-state index contributed by atoms with van der Waals surface area (Å²) in [7, 11) is 0.